The summed E-state index contributed by atoms with van der Waals surface area (Å²) < 4.78 is 5.82. The highest BCUT2D eigenvalue weighted by Gasteiger charge is 2.35. The molecule has 0 aliphatic carbocycles. The van der Waals surface area contributed by atoms with Crippen molar-refractivity contribution in [1.29, 1.82) is 0 Å². The lowest BCUT2D eigenvalue weighted by Gasteiger charge is -2.37. The van der Waals surface area contributed by atoms with Gasteiger partial charge >= 0.3 is 0 Å². The number of likely N-dealkylation sites (tertiary alicyclic amines) is 1. The number of aromatic nitrogens is 3. The topological polar surface area (TPSA) is 80.2 Å². The highest BCUT2D eigenvalue weighted by molar-refractivity contribution is 5.81. The number of ether oxygens (including phenoxy) is 1. The number of piperidine rings is 1. The minimum absolute atomic E-state index is 0.0762. The Balaban J connectivity index is 1.50. The zero-order chi connectivity index (χ0) is 22.5. The van der Waals surface area contributed by atoms with Gasteiger partial charge < -0.3 is 15.0 Å². The number of amides is 1. The van der Waals surface area contributed by atoms with Crippen molar-refractivity contribution in [3.63, 3.8) is 0 Å². The van der Waals surface area contributed by atoms with Crippen molar-refractivity contribution < 1.29 is 9.53 Å². The Hall–Kier alpha value is -3.32. The number of hydrogen-bond acceptors (Lipinski definition) is 6. The second-order valence-corrected chi connectivity index (χ2v) is 8.63. The molecule has 1 N–H and O–H groups in total. The van der Waals surface area contributed by atoms with E-state index in [2.05, 4.69) is 10.3 Å². The lowest BCUT2D eigenvalue weighted by atomic mass is 9.98. The molecule has 2 fully saturated rings. The van der Waals surface area contributed by atoms with Gasteiger partial charge in [0.15, 0.2) is 5.82 Å². The van der Waals surface area contributed by atoms with Crippen molar-refractivity contribution in [2.75, 3.05) is 18.5 Å². The summed E-state index contributed by atoms with van der Waals surface area (Å²) in [6.07, 6.45) is 8.94. The van der Waals surface area contributed by atoms with Gasteiger partial charge in [-0.2, -0.15) is 0 Å². The van der Waals surface area contributed by atoms with Crippen LogP contribution in [0.1, 0.15) is 50.4 Å². The van der Waals surface area contributed by atoms with E-state index < -0.39 is 0 Å². The first kappa shape index (κ1) is 21.5. The van der Waals surface area contributed by atoms with Gasteiger partial charge in [0.25, 0.3) is 5.91 Å². The van der Waals surface area contributed by atoms with Gasteiger partial charge in [-0.05, 0) is 62.8 Å². The molecule has 0 spiro atoms. The van der Waals surface area contributed by atoms with Gasteiger partial charge in [0.1, 0.15) is 11.9 Å². The third-order valence-electron chi connectivity index (χ3n) is 6.29. The average Bonchev–Trinajstić information content (AvgIpc) is 2.90. The molecule has 7 nitrogen and oxygen atoms in total. The number of hydrogen-bond donors (Lipinski definition) is 1. The Labute approximate surface area is 194 Å². The van der Waals surface area contributed by atoms with Crippen LogP contribution in [0.4, 0.5) is 11.5 Å². The molecular formula is C26H29N5O2. The van der Waals surface area contributed by atoms with Crippen LogP contribution < -0.4 is 5.32 Å². The number of benzene rings is 1. The van der Waals surface area contributed by atoms with Crippen LogP contribution in [0.15, 0.2) is 60.9 Å². The molecule has 5 rings (SSSR count). The zero-order valence-electron chi connectivity index (χ0n) is 18.7. The number of nitrogens with one attached hydrogen (secondary N) is 1. The molecule has 1 amide bonds. The largest absolute Gasteiger partial charge is 0.368 e. The Kier molecular flexibility index (Phi) is 6.58. The Morgan fingerprint density at radius 2 is 1.88 bits per heavy atom. The SMILES string of the molecule is O=C([C@@H]1CCCCO1)N1CCCC[C@H]1c1nc(Nc2ccccc2)cc(-c2cccnc2)n1. The highest BCUT2D eigenvalue weighted by Crippen LogP contribution is 2.33. The fourth-order valence-corrected chi connectivity index (χ4v) is 4.59. The Morgan fingerprint density at radius 3 is 2.67 bits per heavy atom. The standard InChI is InChI=1S/C26H29N5O2/c32-26(23-13-5-7-16-33-23)31-15-6-4-12-22(31)25-29-21(19-9-8-14-27-18-19)17-24(30-25)28-20-10-2-1-3-11-20/h1-3,8-11,14,17-18,22-23H,4-7,12-13,15-16H2,(H,28,29,30)/t22-,23-/m0/s1. The molecule has 170 valence electrons. The van der Waals surface area contributed by atoms with E-state index in [0.29, 0.717) is 24.8 Å². The zero-order valence-corrected chi connectivity index (χ0v) is 18.7. The number of carbonyl (C=O) groups is 1. The number of carbonyl (C=O) groups excluding carboxylic acids is 1. The number of anilines is 2. The molecule has 33 heavy (non-hydrogen) atoms. The fraction of sp³-hybridized carbons (Fsp3) is 0.385. The predicted molar refractivity (Wildman–Crippen MR) is 127 cm³/mol. The van der Waals surface area contributed by atoms with E-state index in [0.717, 1.165) is 55.5 Å². The van der Waals surface area contributed by atoms with Crippen molar-refractivity contribution in [2.45, 2.75) is 50.7 Å². The number of nitrogens with zero attached hydrogens (tertiary/aromatic N) is 4. The van der Waals surface area contributed by atoms with Gasteiger partial charge in [0, 0.05) is 42.9 Å². The fourth-order valence-electron chi connectivity index (χ4n) is 4.59. The quantitative estimate of drug-likeness (QED) is 0.604. The molecule has 2 aliphatic rings. The molecule has 2 saturated heterocycles. The maximum Gasteiger partial charge on any atom is 0.252 e. The summed E-state index contributed by atoms with van der Waals surface area (Å²) in [4.78, 5) is 29.4. The van der Waals surface area contributed by atoms with E-state index >= 15 is 0 Å². The van der Waals surface area contributed by atoms with Crippen molar-refractivity contribution in [3.8, 4) is 11.3 Å². The van der Waals surface area contributed by atoms with Crippen LogP contribution in [0.25, 0.3) is 11.3 Å². The average molecular weight is 444 g/mol. The Morgan fingerprint density at radius 1 is 1.00 bits per heavy atom. The summed E-state index contributed by atoms with van der Waals surface area (Å²) in [7, 11) is 0. The first-order valence-electron chi connectivity index (χ1n) is 11.8. The third-order valence-corrected chi connectivity index (χ3v) is 6.29. The summed E-state index contributed by atoms with van der Waals surface area (Å²) in [6, 6.07) is 15.6. The van der Waals surface area contributed by atoms with Gasteiger partial charge in [0.05, 0.1) is 11.7 Å². The lowest BCUT2D eigenvalue weighted by molar-refractivity contribution is -0.150. The van der Waals surface area contributed by atoms with Crippen LogP contribution in [0.3, 0.4) is 0 Å². The summed E-state index contributed by atoms with van der Waals surface area (Å²) >= 11 is 0. The van der Waals surface area contributed by atoms with Crippen molar-refractivity contribution >= 4 is 17.4 Å². The first-order chi connectivity index (χ1) is 16.3. The van der Waals surface area contributed by atoms with E-state index in [9.17, 15) is 4.79 Å². The molecule has 7 heteroatoms. The van der Waals surface area contributed by atoms with Crippen LogP contribution in [0.5, 0.6) is 0 Å². The third kappa shape index (κ3) is 5.03. The summed E-state index contributed by atoms with van der Waals surface area (Å²) in [6.45, 7) is 1.37. The van der Waals surface area contributed by atoms with E-state index in [-0.39, 0.29) is 18.1 Å². The second-order valence-electron chi connectivity index (χ2n) is 8.63. The van der Waals surface area contributed by atoms with E-state index in [1.165, 1.54) is 0 Å². The molecule has 1 aromatic carbocycles. The van der Waals surface area contributed by atoms with Gasteiger partial charge in [-0.25, -0.2) is 9.97 Å². The smallest absolute Gasteiger partial charge is 0.252 e. The van der Waals surface area contributed by atoms with Gasteiger partial charge in [-0.3, -0.25) is 9.78 Å². The number of pyridine rings is 1. The molecule has 0 saturated carbocycles. The molecule has 2 aliphatic heterocycles. The maximum atomic E-state index is 13.4. The maximum absolute atomic E-state index is 13.4. The Bertz CT molecular complexity index is 1070. The minimum atomic E-state index is -0.345. The molecule has 2 aromatic heterocycles. The first-order valence-corrected chi connectivity index (χ1v) is 11.8. The number of rotatable bonds is 5. The van der Waals surface area contributed by atoms with Gasteiger partial charge in [-0.1, -0.05) is 18.2 Å². The van der Waals surface area contributed by atoms with E-state index in [4.69, 9.17) is 14.7 Å². The molecular weight excluding hydrogens is 414 g/mol. The highest BCUT2D eigenvalue weighted by atomic mass is 16.5. The van der Waals surface area contributed by atoms with Crippen molar-refractivity contribution in [2.24, 2.45) is 0 Å². The van der Waals surface area contributed by atoms with Crippen LogP contribution in [0, 0.1) is 0 Å². The molecule has 0 unspecified atom stereocenters. The van der Waals surface area contributed by atoms with Gasteiger partial charge in [-0.15, -0.1) is 0 Å². The van der Waals surface area contributed by atoms with Crippen LogP contribution in [-0.2, 0) is 9.53 Å². The van der Waals surface area contributed by atoms with Crippen LogP contribution in [-0.4, -0.2) is 45.0 Å². The van der Waals surface area contributed by atoms with E-state index in [1.54, 1.807) is 12.4 Å². The molecule has 0 radical (unpaired) electrons. The van der Waals surface area contributed by atoms with Crippen molar-refractivity contribution in [1.82, 2.24) is 19.9 Å². The second kappa shape index (κ2) is 10.1. The number of para-hydroxylation sites is 1. The summed E-state index contributed by atoms with van der Waals surface area (Å²) in [5, 5.41) is 3.40. The minimum Gasteiger partial charge on any atom is -0.368 e. The molecule has 4 heterocycles. The normalized spacial score (nSPS) is 20.9. The van der Waals surface area contributed by atoms with E-state index in [1.807, 2.05) is 53.4 Å². The molecule has 3 aromatic rings. The van der Waals surface area contributed by atoms with Crippen molar-refractivity contribution in [3.05, 3.63) is 66.7 Å². The lowest BCUT2D eigenvalue weighted by Crippen LogP contribution is -2.46. The van der Waals surface area contributed by atoms with Gasteiger partial charge in [0.2, 0.25) is 0 Å². The van der Waals surface area contributed by atoms with Crippen LogP contribution >= 0.6 is 0 Å². The molecule has 2 atom stereocenters. The summed E-state index contributed by atoms with van der Waals surface area (Å²) in [5.41, 5.74) is 2.66. The molecule has 0 bridgehead atoms. The van der Waals surface area contributed by atoms with Crippen LogP contribution in [0.2, 0.25) is 0 Å². The predicted octanol–water partition coefficient (Wildman–Crippen LogP) is 4.90. The monoisotopic (exact) mass is 443 g/mol. The summed E-state index contributed by atoms with van der Waals surface area (Å²) in [5.74, 6) is 1.45.